The topological polar surface area (TPSA) is 95.8 Å². The van der Waals surface area contributed by atoms with Crippen molar-refractivity contribution in [2.24, 2.45) is 0 Å². The average molecular weight is 480 g/mol. The van der Waals surface area contributed by atoms with Gasteiger partial charge >= 0.3 is 6.03 Å². The molecule has 0 unspecified atom stereocenters. The van der Waals surface area contributed by atoms with E-state index in [4.69, 9.17) is 0 Å². The molecule has 0 aliphatic carbocycles. The molecule has 0 bridgehead atoms. The second kappa shape index (κ2) is 9.88. The molecule has 35 heavy (non-hydrogen) atoms. The quantitative estimate of drug-likeness (QED) is 0.384. The zero-order valence-electron chi connectivity index (χ0n) is 18.8. The van der Waals surface area contributed by atoms with Gasteiger partial charge < -0.3 is 10.2 Å². The van der Waals surface area contributed by atoms with Crippen molar-refractivity contribution in [3.63, 3.8) is 0 Å². The number of para-hydroxylation sites is 2. The Hall–Kier alpha value is -4.34. The summed E-state index contributed by atoms with van der Waals surface area (Å²) in [5.74, 6) is -2.49. The van der Waals surface area contributed by atoms with Crippen molar-refractivity contribution in [1.29, 1.82) is 0 Å². The predicted octanol–water partition coefficient (Wildman–Crippen LogP) is 5.27. The van der Waals surface area contributed by atoms with E-state index in [1.54, 1.807) is 31.2 Å². The number of nitrogens with one attached hydrogen (secondary N) is 1. The van der Waals surface area contributed by atoms with E-state index in [2.05, 4.69) is 5.32 Å². The molecule has 8 nitrogen and oxygen atoms in total. The van der Waals surface area contributed by atoms with Gasteiger partial charge in [-0.2, -0.15) is 0 Å². The molecule has 3 aromatic rings. The van der Waals surface area contributed by atoms with Crippen LogP contribution in [0.25, 0.3) is 0 Å². The summed E-state index contributed by atoms with van der Waals surface area (Å²) in [4.78, 5) is 39.8. The Balaban J connectivity index is 1.55. The Morgan fingerprint density at radius 1 is 1.06 bits per heavy atom. The van der Waals surface area contributed by atoms with Crippen LogP contribution in [0.1, 0.15) is 27.9 Å². The number of carbonyl (C=O) groups excluding carboxylic acids is 2. The number of rotatable bonds is 6. The summed E-state index contributed by atoms with van der Waals surface area (Å²) in [7, 11) is 0. The van der Waals surface area contributed by atoms with Crippen LogP contribution in [0.3, 0.4) is 0 Å². The summed E-state index contributed by atoms with van der Waals surface area (Å²) in [5.41, 5.74) is 1.67. The fraction of sp³-hybridized carbons (Fsp3) is 0.200. The first-order chi connectivity index (χ1) is 16.7. The number of halogens is 2. The lowest BCUT2D eigenvalue weighted by atomic mass is 10.1. The van der Waals surface area contributed by atoms with Gasteiger partial charge in [-0.3, -0.25) is 19.8 Å². The first kappa shape index (κ1) is 23.8. The molecule has 180 valence electrons. The lowest BCUT2D eigenvalue weighted by Gasteiger charge is -2.36. The maximum Gasteiger partial charge on any atom is 0.324 e. The minimum atomic E-state index is -0.979. The van der Waals surface area contributed by atoms with Crippen LogP contribution in [0.5, 0.6) is 0 Å². The van der Waals surface area contributed by atoms with E-state index < -0.39 is 22.5 Å². The summed E-state index contributed by atoms with van der Waals surface area (Å²) in [6.45, 7) is 2.53. The van der Waals surface area contributed by atoms with Crippen LogP contribution in [-0.4, -0.2) is 34.9 Å². The number of carbonyl (C=O) groups is 2. The average Bonchev–Trinajstić information content (AvgIpc) is 2.83. The summed E-state index contributed by atoms with van der Waals surface area (Å²) < 4.78 is 26.9. The summed E-state index contributed by atoms with van der Waals surface area (Å²) in [5, 5.41) is 14.0. The maximum atomic E-state index is 13.6. The van der Waals surface area contributed by atoms with E-state index in [-0.39, 0.29) is 23.8 Å². The molecule has 3 amide bonds. The number of urea groups is 1. The zero-order chi connectivity index (χ0) is 25.1. The number of nitro groups is 1. The highest BCUT2D eigenvalue weighted by atomic mass is 19.2. The van der Waals surface area contributed by atoms with Crippen LogP contribution in [0, 0.1) is 28.7 Å². The number of hydrogen-bond donors (Lipinski definition) is 1. The lowest BCUT2D eigenvalue weighted by molar-refractivity contribution is -0.385. The molecule has 1 N–H and O–H groups in total. The van der Waals surface area contributed by atoms with Crippen molar-refractivity contribution in [1.82, 2.24) is 4.90 Å². The van der Waals surface area contributed by atoms with Crippen LogP contribution >= 0.6 is 0 Å². The first-order valence-corrected chi connectivity index (χ1v) is 10.9. The number of benzene rings is 3. The van der Waals surface area contributed by atoms with Crippen LogP contribution in [0.2, 0.25) is 0 Å². The SMILES string of the molecule is Cc1ccc(C(=O)Nc2ccccc2N2CCCN(Cc3ccc(F)c(F)c3)C2=O)cc1[N+](=O)[O-]. The second-order valence-corrected chi connectivity index (χ2v) is 8.19. The second-order valence-electron chi connectivity index (χ2n) is 8.19. The normalized spacial score (nSPS) is 13.6. The summed E-state index contributed by atoms with van der Waals surface area (Å²) in [6, 6.07) is 14.1. The van der Waals surface area contributed by atoms with Crippen molar-refractivity contribution in [2.75, 3.05) is 23.3 Å². The number of amides is 3. The van der Waals surface area contributed by atoms with Crippen molar-refractivity contribution < 1.29 is 23.3 Å². The number of nitro benzene ring substituents is 1. The molecule has 1 aliphatic heterocycles. The molecule has 0 atom stereocenters. The van der Waals surface area contributed by atoms with Crippen molar-refractivity contribution >= 4 is 29.0 Å². The molecule has 0 aromatic heterocycles. The predicted molar refractivity (Wildman–Crippen MR) is 126 cm³/mol. The number of aryl methyl sites for hydroxylation is 1. The van der Waals surface area contributed by atoms with Crippen LogP contribution in [0.4, 0.5) is 30.6 Å². The molecular formula is C25H22F2N4O4. The standard InChI is InChI=1S/C25H22F2N4O4/c1-16-7-9-18(14-23(16)31(34)35)24(32)28-21-5-2-3-6-22(21)30-12-4-11-29(25(30)33)15-17-8-10-19(26)20(27)13-17/h2-3,5-10,13-14H,4,11-12,15H2,1H3,(H,28,32). The minimum Gasteiger partial charge on any atom is -0.320 e. The highest BCUT2D eigenvalue weighted by Gasteiger charge is 2.29. The van der Waals surface area contributed by atoms with E-state index in [1.165, 1.54) is 34.1 Å². The van der Waals surface area contributed by atoms with Gasteiger partial charge in [-0.1, -0.05) is 24.3 Å². The Morgan fingerprint density at radius 2 is 1.83 bits per heavy atom. The molecule has 1 aliphatic rings. The molecule has 0 saturated carbocycles. The number of hydrogen-bond acceptors (Lipinski definition) is 4. The van der Waals surface area contributed by atoms with Gasteiger partial charge in [0.1, 0.15) is 0 Å². The first-order valence-electron chi connectivity index (χ1n) is 10.9. The maximum absolute atomic E-state index is 13.6. The molecule has 1 heterocycles. The molecule has 0 radical (unpaired) electrons. The molecule has 1 fully saturated rings. The van der Waals surface area contributed by atoms with Gasteiger partial charge in [0.2, 0.25) is 0 Å². The third-order valence-electron chi connectivity index (χ3n) is 5.78. The van der Waals surface area contributed by atoms with Crippen LogP contribution in [0.15, 0.2) is 60.7 Å². The fourth-order valence-corrected chi connectivity index (χ4v) is 3.97. The number of nitrogens with zero attached hydrogens (tertiary/aromatic N) is 3. The smallest absolute Gasteiger partial charge is 0.320 e. The fourth-order valence-electron chi connectivity index (χ4n) is 3.97. The van der Waals surface area contributed by atoms with Crippen LogP contribution in [-0.2, 0) is 6.54 Å². The van der Waals surface area contributed by atoms with Gasteiger partial charge in [-0.15, -0.1) is 0 Å². The molecule has 3 aromatic carbocycles. The van der Waals surface area contributed by atoms with Gasteiger partial charge in [-0.05, 0) is 49.2 Å². The highest BCUT2D eigenvalue weighted by molar-refractivity contribution is 6.08. The van der Waals surface area contributed by atoms with Gasteiger partial charge in [0.05, 0.1) is 16.3 Å². The minimum absolute atomic E-state index is 0.105. The Labute approximate surface area is 199 Å². The Morgan fingerprint density at radius 3 is 2.57 bits per heavy atom. The lowest BCUT2D eigenvalue weighted by Crippen LogP contribution is -2.49. The molecule has 10 heteroatoms. The summed E-state index contributed by atoms with van der Waals surface area (Å²) in [6.07, 6.45) is 0.627. The van der Waals surface area contributed by atoms with Crippen LogP contribution < -0.4 is 10.2 Å². The van der Waals surface area contributed by atoms with Gasteiger partial charge in [0.15, 0.2) is 11.6 Å². The van der Waals surface area contributed by atoms with E-state index >= 15 is 0 Å². The molecular weight excluding hydrogens is 458 g/mol. The Bertz CT molecular complexity index is 1310. The van der Waals surface area contributed by atoms with Gasteiger partial charge in [0, 0.05) is 36.8 Å². The van der Waals surface area contributed by atoms with E-state index in [0.717, 1.165) is 12.1 Å². The third kappa shape index (κ3) is 5.11. The van der Waals surface area contributed by atoms with E-state index in [9.17, 15) is 28.5 Å². The van der Waals surface area contributed by atoms with Crippen molar-refractivity contribution in [3.8, 4) is 0 Å². The molecule has 0 spiro atoms. The molecule has 4 rings (SSSR count). The van der Waals surface area contributed by atoms with Crippen molar-refractivity contribution in [3.05, 3.63) is 99.1 Å². The highest BCUT2D eigenvalue weighted by Crippen LogP contribution is 2.30. The van der Waals surface area contributed by atoms with E-state index in [1.807, 2.05) is 0 Å². The largest absolute Gasteiger partial charge is 0.324 e. The Kier molecular flexibility index (Phi) is 6.72. The monoisotopic (exact) mass is 480 g/mol. The van der Waals surface area contributed by atoms with Gasteiger partial charge in [-0.25, -0.2) is 13.6 Å². The summed E-state index contributed by atoms with van der Waals surface area (Å²) >= 11 is 0. The zero-order valence-corrected chi connectivity index (χ0v) is 18.8. The molecule has 1 saturated heterocycles. The van der Waals surface area contributed by atoms with Crippen molar-refractivity contribution in [2.45, 2.75) is 19.9 Å². The third-order valence-corrected chi connectivity index (χ3v) is 5.78. The van der Waals surface area contributed by atoms with Gasteiger partial charge in [0.25, 0.3) is 11.6 Å². The number of anilines is 2. The van der Waals surface area contributed by atoms with E-state index in [0.29, 0.717) is 42.0 Å².